The number of benzene rings is 1. The molecule has 26 heavy (non-hydrogen) atoms. The Bertz CT molecular complexity index is 694. The van der Waals surface area contributed by atoms with Crippen molar-refractivity contribution in [3.8, 4) is 0 Å². The summed E-state index contributed by atoms with van der Waals surface area (Å²) in [4.78, 5) is 16.8. The van der Waals surface area contributed by atoms with Gasteiger partial charge in [0.1, 0.15) is 0 Å². The van der Waals surface area contributed by atoms with Crippen LogP contribution in [0.5, 0.6) is 0 Å². The molecule has 0 fully saturated rings. The number of thioether (sulfide) groups is 1. The summed E-state index contributed by atoms with van der Waals surface area (Å²) in [5, 5.41) is 5.14. The van der Waals surface area contributed by atoms with Gasteiger partial charge in [-0.25, -0.2) is 0 Å². The molecule has 0 spiro atoms. The molecule has 0 saturated carbocycles. The molecule has 1 atom stereocenters. The van der Waals surface area contributed by atoms with Gasteiger partial charge in [0, 0.05) is 29.4 Å². The maximum absolute atomic E-state index is 11.6. The van der Waals surface area contributed by atoms with Crippen LogP contribution in [0.1, 0.15) is 22.0 Å². The third kappa shape index (κ3) is 5.62. The van der Waals surface area contributed by atoms with Gasteiger partial charge in [0.2, 0.25) is 5.91 Å². The lowest BCUT2D eigenvalue weighted by atomic mass is 10.0. The second-order valence-electron chi connectivity index (χ2n) is 5.89. The minimum Gasteiger partial charge on any atom is -0.353 e. The Morgan fingerprint density at radius 2 is 2.04 bits per heavy atom. The highest BCUT2D eigenvalue weighted by molar-refractivity contribution is 7.98. The summed E-state index contributed by atoms with van der Waals surface area (Å²) in [6, 6.07) is 11.0. The number of halogens is 2. The number of rotatable bonds is 6. The maximum atomic E-state index is 11.6. The highest BCUT2D eigenvalue weighted by Gasteiger charge is 2.25. The number of carbonyl (C=O) groups is 1. The third-order valence-electron chi connectivity index (χ3n) is 4.46. The molecule has 2 heterocycles. The number of fused-ring (bicyclic) bond motifs is 1. The second-order valence-corrected chi connectivity index (χ2v) is 7.77. The van der Waals surface area contributed by atoms with Gasteiger partial charge in [-0.2, -0.15) is 0 Å². The summed E-state index contributed by atoms with van der Waals surface area (Å²) in [7, 11) is 0. The van der Waals surface area contributed by atoms with Crippen LogP contribution in [0.4, 0.5) is 0 Å². The molecular formula is C18H25Cl2N3OS2. The van der Waals surface area contributed by atoms with Crippen molar-refractivity contribution in [2.24, 2.45) is 5.73 Å². The van der Waals surface area contributed by atoms with Crippen molar-refractivity contribution >= 4 is 53.8 Å². The Balaban J connectivity index is 0.00000169. The molecule has 1 aromatic carbocycles. The maximum Gasteiger partial charge on any atom is 0.233 e. The number of carbonyl (C=O) groups excluding carboxylic acids is 1. The molecule has 3 N–H and O–H groups in total. The molecular weight excluding hydrogens is 409 g/mol. The summed E-state index contributed by atoms with van der Waals surface area (Å²) in [5.41, 5.74) is 8.09. The zero-order valence-corrected chi connectivity index (χ0v) is 17.9. The Hall–Kier alpha value is -0.760. The molecule has 0 radical (unpaired) electrons. The molecule has 0 bridgehead atoms. The average Bonchev–Trinajstić information content (AvgIpc) is 3.10. The summed E-state index contributed by atoms with van der Waals surface area (Å²) in [6.07, 6.45) is 3.16. The van der Waals surface area contributed by atoms with Gasteiger partial charge in [-0.1, -0.05) is 12.1 Å². The Morgan fingerprint density at radius 1 is 1.31 bits per heavy atom. The van der Waals surface area contributed by atoms with Crippen LogP contribution in [0.15, 0.2) is 40.6 Å². The van der Waals surface area contributed by atoms with Crippen molar-refractivity contribution in [2.45, 2.75) is 23.9 Å². The molecule has 4 nitrogen and oxygen atoms in total. The monoisotopic (exact) mass is 433 g/mol. The van der Waals surface area contributed by atoms with E-state index in [9.17, 15) is 4.79 Å². The predicted octanol–water partition coefficient (Wildman–Crippen LogP) is 3.49. The fourth-order valence-corrected chi connectivity index (χ4v) is 4.40. The highest BCUT2D eigenvalue weighted by atomic mass is 35.5. The van der Waals surface area contributed by atoms with Crippen LogP contribution in [-0.2, 0) is 17.8 Å². The van der Waals surface area contributed by atoms with E-state index in [2.05, 4.69) is 52.2 Å². The molecule has 2 aromatic rings. The Labute approximate surface area is 175 Å². The summed E-state index contributed by atoms with van der Waals surface area (Å²) in [6.45, 7) is 2.58. The van der Waals surface area contributed by atoms with Crippen molar-refractivity contribution in [1.29, 1.82) is 0 Å². The fourth-order valence-electron chi connectivity index (χ4n) is 3.10. The first kappa shape index (κ1) is 23.3. The van der Waals surface area contributed by atoms with Crippen molar-refractivity contribution in [1.82, 2.24) is 10.2 Å². The van der Waals surface area contributed by atoms with Gasteiger partial charge in [0.05, 0.1) is 12.6 Å². The van der Waals surface area contributed by atoms with Crippen LogP contribution >= 0.6 is 47.9 Å². The lowest BCUT2D eigenvalue weighted by molar-refractivity contribution is -0.120. The van der Waals surface area contributed by atoms with Crippen LogP contribution in [0.2, 0.25) is 0 Å². The lowest BCUT2D eigenvalue weighted by Gasteiger charge is -2.35. The Kier molecular flexibility index (Phi) is 10.00. The van der Waals surface area contributed by atoms with Crippen LogP contribution in [0.25, 0.3) is 0 Å². The van der Waals surface area contributed by atoms with E-state index >= 15 is 0 Å². The quantitative estimate of drug-likeness (QED) is 0.684. The predicted molar refractivity (Wildman–Crippen MR) is 116 cm³/mol. The summed E-state index contributed by atoms with van der Waals surface area (Å²) >= 11 is 3.59. The number of amides is 1. The number of thiophene rings is 1. The van der Waals surface area contributed by atoms with E-state index in [0.717, 1.165) is 19.5 Å². The number of nitrogens with zero attached hydrogens (tertiary/aromatic N) is 1. The molecule has 1 aliphatic rings. The van der Waals surface area contributed by atoms with E-state index in [1.165, 1.54) is 20.9 Å². The molecule has 0 aliphatic carbocycles. The largest absolute Gasteiger partial charge is 0.353 e. The topological polar surface area (TPSA) is 58.4 Å². The van der Waals surface area contributed by atoms with Gasteiger partial charge in [-0.05, 0) is 47.4 Å². The molecule has 1 unspecified atom stereocenters. The first-order valence-corrected chi connectivity index (χ1v) is 10.2. The smallest absolute Gasteiger partial charge is 0.233 e. The van der Waals surface area contributed by atoms with E-state index in [4.69, 9.17) is 5.73 Å². The Morgan fingerprint density at radius 3 is 2.69 bits per heavy atom. The van der Waals surface area contributed by atoms with Crippen LogP contribution in [0, 0.1) is 0 Å². The first-order chi connectivity index (χ1) is 11.7. The van der Waals surface area contributed by atoms with Crippen molar-refractivity contribution in [3.05, 3.63) is 51.7 Å². The molecule has 0 saturated heterocycles. The van der Waals surface area contributed by atoms with Crippen LogP contribution in [-0.4, -0.2) is 36.7 Å². The lowest BCUT2D eigenvalue weighted by Crippen LogP contribution is -2.41. The highest BCUT2D eigenvalue weighted by Crippen LogP contribution is 2.30. The minimum absolute atomic E-state index is 0. The van der Waals surface area contributed by atoms with E-state index in [0.29, 0.717) is 6.54 Å². The summed E-state index contributed by atoms with van der Waals surface area (Å²) < 4.78 is 0. The van der Waals surface area contributed by atoms with Crippen molar-refractivity contribution in [2.75, 3.05) is 25.9 Å². The zero-order valence-electron chi connectivity index (χ0n) is 14.6. The standard InChI is InChI=1S/C18H23N3OS2.2ClH/c1-23-15-4-2-13(3-5-15)16(11-20-18(22)10-19)21-8-6-17-14(12-21)7-9-24-17;;/h2-5,7,9,16H,6,8,10-12,19H2,1H3,(H,20,22);2*1H. The number of nitrogens with one attached hydrogen (secondary N) is 1. The van der Waals surface area contributed by atoms with Gasteiger partial charge in [0.25, 0.3) is 0 Å². The van der Waals surface area contributed by atoms with E-state index in [-0.39, 0.29) is 43.3 Å². The fraction of sp³-hybridized carbons (Fsp3) is 0.389. The van der Waals surface area contributed by atoms with Crippen molar-refractivity contribution in [3.63, 3.8) is 0 Å². The molecule has 1 aliphatic heterocycles. The molecule has 8 heteroatoms. The average molecular weight is 434 g/mol. The number of hydrogen-bond acceptors (Lipinski definition) is 5. The minimum atomic E-state index is -0.103. The van der Waals surface area contributed by atoms with Crippen molar-refractivity contribution < 1.29 is 4.79 Å². The zero-order chi connectivity index (χ0) is 16.9. The van der Waals surface area contributed by atoms with E-state index < -0.39 is 0 Å². The second kappa shape index (κ2) is 11.2. The molecule has 3 rings (SSSR count). The SMILES string of the molecule is CSc1ccc(C(CNC(=O)CN)N2CCc3sccc3C2)cc1.Cl.Cl. The third-order valence-corrected chi connectivity index (χ3v) is 6.22. The van der Waals surface area contributed by atoms with Gasteiger partial charge in [0.15, 0.2) is 0 Å². The van der Waals surface area contributed by atoms with Gasteiger partial charge in [-0.3, -0.25) is 9.69 Å². The molecule has 144 valence electrons. The normalized spacial score (nSPS) is 14.5. The van der Waals surface area contributed by atoms with E-state index in [1.807, 2.05) is 11.3 Å². The summed E-state index contributed by atoms with van der Waals surface area (Å²) in [5.74, 6) is -0.103. The molecule has 1 amide bonds. The van der Waals surface area contributed by atoms with Gasteiger partial charge < -0.3 is 11.1 Å². The van der Waals surface area contributed by atoms with Gasteiger partial charge >= 0.3 is 0 Å². The van der Waals surface area contributed by atoms with Gasteiger partial charge in [-0.15, -0.1) is 47.9 Å². The first-order valence-electron chi connectivity index (χ1n) is 8.11. The number of hydrogen-bond donors (Lipinski definition) is 2. The van der Waals surface area contributed by atoms with Crippen LogP contribution < -0.4 is 11.1 Å². The van der Waals surface area contributed by atoms with Crippen LogP contribution in [0.3, 0.4) is 0 Å². The molecule has 1 aromatic heterocycles. The van der Waals surface area contributed by atoms with E-state index in [1.54, 1.807) is 11.8 Å². The number of nitrogens with two attached hydrogens (primary N) is 1.